The summed E-state index contributed by atoms with van der Waals surface area (Å²) >= 11 is 0. The molecule has 0 aliphatic heterocycles. The van der Waals surface area contributed by atoms with Gasteiger partial charge in [0.2, 0.25) is 5.91 Å². The van der Waals surface area contributed by atoms with Crippen molar-refractivity contribution in [3.63, 3.8) is 0 Å². The largest absolute Gasteiger partial charge is 0.343 e. The maximum absolute atomic E-state index is 11.8. The molecule has 1 rings (SSSR count). The molecule has 3 nitrogen and oxygen atoms in total. The molecule has 0 aromatic rings. The molecular formula is C12H24N2O. The van der Waals surface area contributed by atoms with Gasteiger partial charge in [-0.05, 0) is 45.1 Å². The molecule has 0 radical (unpaired) electrons. The Morgan fingerprint density at radius 3 is 2.60 bits per heavy atom. The molecule has 0 bridgehead atoms. The first-order chi connectivity index (χ1) is 7.16. The zero-order valence-electron chi connectivity index (χ0n) is 10.0. The van der Waals surface area contributed by atoms with Crippen LogP contribution in [0, 0.1) is 5.92 Å². The number of hydrogen-bond donors (Lipinski definition) is 1. The van der Waals surface area contributed by atoms with Gasteiger partial charge in [0, 0.05) is 19.5 Å². The van der Waals surface area contributed by atoms with Crippen molar-refractivity contribution >= 4 is 5.91 Å². The Bertz CT molecular complexity index is 202. The first-order valence-corrected chi connectivity index (χ1v) is 6.12. The predicted molar refractivity (Wildman–Crippen MR) is 62.5 cm³/mol. The number of amides is 1. The SMILES string of the molecule is CC(C1CC1)N(C)C(=O)CCCCCN. The molecule has 1 aliphatic carbocycles. The summed E-state index contributed by atoms with van der Waals surface area (Å²) in [6.45, 7) is 2.90. The van der Waals surface area contributed by atoms with Crippen molar-refractivity contribution in [2.45, 2.75) is 51.5 Å². The minimum absolute atomic E-state index is 0.298. The normalized spacial score (nSPS) is 17.5. The number of carbonyl (C=O) groups excluding carboxylic acids is 1. The van der Waals surface area contributed by atoms with Gasteiger partial charge >= 0.3 is 0 Å². The van der Waals surface area contributed by atoms with Crippen molar-refractivity contribution in [3.05, 3.63) is 0 Å². The van der Waals surface area contributed by atoms with Gasteiger partial charge in [-0.1, -0.05) is 6.42 Å². The van der Waals surface area contributed by atoms with Crippen LogP contribution in [-0.2, 0) is 4.79 Å². The number of carbonyl (C=O) groups is 1. The van der Waals surface area contributed by atoms with Crippen molar-refractivity contribution in [3.8, 4) is 0 Å². The van der Waals surface area contributed by atoms with Gasteiger partial charge in [0.15, 0.2) is 0 Å². The van der Waals surface area contributed by atoms with E-state index in [1.54, 1.807) is 0 Å². The summed E-state index contributed by atoms with van der Waals surface area (Å²) in [4.78, 5) is 13.7. The van der Waals surface area contributed by atoms with Gasteiger partial charge < -0.3 is 10.6 Å². The van der Waals surface area contributed by atoms with Gasteiger partial charge in [0.25, 0.3) is 0 Å². The number of nitrogens with two attached hydrogens (primary N) is 1. The Kier molecular flexibility index (Phi) is 5.09. The lowest BCUT2D eigenvalue weighted by atomic mass is 10.1. The molecule has 3 heteroatoms. The molecular weight excluding hydrogens is 188 g/mol. The third-order valence-electron chi connectivity index (χ3n) is 3.40. The fraction of sp³-hybridized carbons (Fsp3) is 0.917. The summed E-state index contributed by atoms with van der Waals surface area (Å²) in [7, 11) is 1.94. The topological polar surface area (TPSA) is 46.3 Å². The second-order valence-electron chi connectivity index (χ2n) is 4.68. The van der Waals surface area contributed by atoms with Crippen LogP contribution in [0.25, 0.3) is 0 Å². The predicted octanol–water partition coefficient (Wildman–Crippen LogP) is 1.76. The number of hydrogen-bond acceptors (Lipinski definition) is 2. The average molecular weight is 212 g/mol. The second kappa shape index (κ2) is 6.11. The summed E-state index contributed by atoms with van der Waals surface area (Å²) in [5.41, 5.74) is 5.41. The lowest BCUT2D eigenvalue weighted by Gasteiger charge is -2.24. The van der Waals surface area contributed by atoms with Crippen LogP contribution in [0.3, 0.4) is 0 Å². The van der Waals surface area contributed by atoms with Crippen LogP contribution in [0.5, 0.6) is 0 Å². The average Bonchev–Trinajstić information content (AvgIpc) is 3.05. The number of rotatable bonds is 7. The summed E-state index contributed by atoms with van der Waals surface area (Å²) in [5, 5.41) is 0. The fourth-order valence-corrected chi connectivity index (χ4v) is 1.90. The first kappa shape index (κ1) is 12.5. The van der Waals surface area contributed by atoms with Crippen molar-refractivity contribution in [1.82, 2.24) is 4.90 Å². The molecule has 1 saturated carbocycles. The van der Waals surface area contributed by atoms with E-state index >= 15 is 0 Å². The monoisotopic (exact) mass is 212 g/mol. The van der Waals surface area contributed by atoms with Gasteiger partial charge in [-0.2, -0.15) is 0 Å². The van der Waals surface area contributed by atoms with Crippen molar-refractivity contribution in [1.29, 1.82) is 0 Å². The Morgan fingerprint density at radius 1 is 1.40 bits per heavy atom. The second-order valence-corrected chi connectivity index (χ2v) is 4.68. The molecule has 1 fully saturated rings. The molecule has 1 atom stereocenters. The zero-order chi connectivity index (χ0) is 11.3. The van der Waals surface area contributed by atoms with Crippen molar-refractivity contribution in [2.24, 2.45) is 11.7 Å². The zero-order valence-corrected chi connectivity index (χ0v) is 10.0. The summed E-state index contributed by atoms with van der Waals surface area (Å²) < 4.78 is 0. The van der Waals surface area contributed by atoms with Crippen LogP contribution in [0.2, 0.25) is 0 Å². The molecule has 0 aromatic carbocycles. The molecule has 1 aliphatic rings. The van der Waals surface area contributed by atoms with Crippen LogP contribution in [0.1, 0.15) is 45.4 Å². The highest BCUT2D eigenvalue weighted by atomic mass is 16.2. The Labute approximate surface area is 93.0 Å². The standard InChI is InChI=1S/C12H24N2O/c1-10(11-7-8-11)14(2)12(15)6-4-3-5-9-13/h10-11H,3-9,13H2,1-2H3. The van der Waals surface area contributed by atoms with Gasteiger partial charge in [0.1, 0.15) is 0 Å². The lowest BCUT2D eigenvalue weighted by molar-refractivity contribution is -0.132. The van der Waals surface area contributed by atoms with Crippen molar-refractivity contribution in [2.75, 3.05) is 13.6 Å². The number of unbranched alkanes of at least 4 members (excludes halogenated alkanes) is 2. The lowest BCUT2D eigenvalue weighted by Crippen LogP contribution is -2.36. The van der Waals surface area contributed by atoms with E-state index in [2.05, 4.69) is 6.92 Å². The van der Waals surface area contributed by atoms with E-state index < -0.39 is 0 Å². The van der Waals surface area contributed by atoms with Crippen LogP contribution in [0.4, 0.5) is 0 Å². The molecule has 0 aromatic heterocycles. The highest BCUT2D eigenvalue weighted by molar-refractivity contribution is 5.76. The van der Waals surface area contributed by atoms with Crippen LogP contribution < -0.4 is 5.73 Å². The molecule has 0 spiro atoms. The third-order valence-corrected chi connectivity index (χ3v) is 3.40. The van der Waals surface area contributed by atoms with Gasteiger partial charge in [-0.25, -0.2) is 0 Å². The van der Waals surface area contributed by atoms with E-state index in [0.29, 0.717) is 18.4 Å². The minimum Gasteiger partial charge on any atom is -0.343 e. The first-order valence-electron chi connectivity index (χ1n) is 6.12. The van der Waals surface area contributed by atoms with Crippen LogP contribution in [-0.4, -0.2) is 30.4 Å². The van der Waals surface area contributed by atoms with E-state index in [0.717, 1.165) is 31.7 Å². The van der Waals surface area contributed by atoms with Crippen molar-refractivity contribution < 1.29 is 4.79 Å². The van der Waals surface area contributed by atoms with Crippen LogP contribution in [0.15, 0.2) is 0 Å². The fourth-order valence-electron chi connectivity index (χ4n) is 1.90. The molecule has 15 heavy (non-hydrogen) atoms. The minimum atomic E-state index is 0.298. The Morgan fingerprint density at radius 2 is 2.07 bits per heavy atom. The summed E-state index contributed by atoms with van der Waals surface area (Å²) in [6, 6.07) is 0.437. The molecule has 88 valence electrons. The Hall–Kier alpha value is -0.570. The maximum Gasteiger partial charge on any atom is 0.222 e. The van der Waals surface area contributed by atoms with E-state index in [-0.39, 0.29) is 0 Å². The quantitative estimate of drug-likeness (QED) is 0.654. The highest BCUT2D eigenvalue weighted by Gasteiger charge is 2.31. The van der Waals surface area contributed by atoms with Gasteiger partial charge in [-0.15, -0.1) is 0 Å². The van der Waals surface area contributed by atoms with E-state index in [1.807, 2.05) is 11.9 Å². The summed E-state index contributed by atoms with van der Waals surface area (Å²) in [5.74, 6) is 1.06. The van der Waals surface area contributed by atoms with Crippen LogP contribution >= 0.6 is 0 Å². The van der Waals surface area contributed by atoms with Gasteiger partial charge in [-0.3, -0.25) is 4.79 Å². The van der Waals surface area contributed by atoms with E-state index in [4.69, 9.17) is 5.73 Å². The highest BCUT2D eigenvalue weighted by Crippen LogP contribution is 2.34. The molecule has 0 heterocycles. The molecule has 1 amide bonds. The molecule has 0 saturated heterocycles. The maximum atomic E-state index is 11.8. The van der Waals surface area contributed by atoms with Gasteiger partial charge in [0.05, 0.1) is 0 Å². The smallest absolute Gasteiger partial charge is 0.222 e. The third kappa shape index (κ3) is 4.20. The molecule has 1 unspecified atom stereocenters. The summed E-state index contributed by atoms with van der Waals surface area (Å²) in [6.07, 6.45) is 6.38. The molecule has 2 N–H and O–H groups in total. The van der Waals surface area contributed by atoms with E-state index in [1.165, 1.54) is 12.8 Å². The van der Waals surface area contributed by atoms with E-state index in [9.17, 15) is 4.79 Å². The Balaban J connectivity index is 2.14. The number of nitrogens with zero attached hydrogens (tertiary/aromatic N) is 1.